The summed E-state index contributed by atoms with van der Waals surface area (Å²) >= 11 is 0. The van der Waals surface area contributed by atoms with Crippen molar-refractivity contribution in [3.8, 4) is 0 Å². The summed E-state index contributed by atoms with van der Waals surface area (Å²) in [4.78, 5) is 9.42. The lowest BCUT2D eigenvalue weighted by Gasteiger charge is -2.16. The molecule has 0 fully saturated rings. The summed E-state index contributed by atoms with van der Waals surface area (Å²) in [6, 6.07) is 8.23. The highest BCUT2D eigenvalue weighted by Gasteiger charge is 2.27. The molecule has 3 aromatic rings. The number of hydrogen-bond acceptors (Lipinski definition) is 4. The van der Waals surface area contributed by atoms with E-state index >= 15 is 0 Å². The molecule has 2 aromatic heterocycles. The van der Waals surface area contributed by atoms with E-state index in [0.29, 0.717) is 5.89 Å². The highest BCUT2D eigenvalue weighted by molar-refractivity contribution is 5.76. The standard InChI is InChI=1S/C18H24N4O/c1-6-13(16-20-17(21-23-16)18(3,4)5)22-14-11-9-8-10-12(14)19-15(22)7-2/h8-11,13H,6-7H2,1-5H3/t13-/m0/s1. The zero-order valence-corrected chi connectivity index (χ0v) is 14.5. The topological polar surface area (TPSA) is 56.7 Å². The van der Waals surface area contributed by atoms with Crippen LogP contribution in [-0.2, 0) is 11.8 Å². The Hall–Kier alpha value is -2.17. The summed E-state index contributed by atoms with van der Waals surface area (Å²) in [5.41, 5.74) is 2.01. The quantitative estimate of drug-likeness (QED) is 0.721. The van der Waals surface area contributed by atoms with Gasteiger partial charge in [-0.25, -0.2) is 4.98 Å². The minimum atomic E-state index is -0.120. The largest absolute Gasteiger partial charge is 0.337 e. The molecule has 5 heteroatoms. The molecule has 5 nitrogen and oxygen atoms in total. The van der Waals surface area contributed by atoms with Crippen LogP contribution in [0.3, 0.4) is 0 Å². The van der Waals surface area contributed by atoms with Gasteiger partial charge in [0.05, 0.1) is 11.0 Å². The van der Waals surface area contributed by atoms with Crippen LogP contribution in [-0.4, -0.2) is 19.7 Å². The third-order valence-electron chi connectivity index (χ3n) is 4.08. The molecule has 0 saturated carbocycles. The van der Waals surface area contributed by atoms with Crippen molar-refractivity contribution in [1.29, 1.82) is 0 Å². The van der Waals surface area contributed by atoms with Crippen LogP contribution in [0.15, 0.2) is 28.8 Å². The molecule has 0 aliphatic heterocycles. The molecule has 0 spiro atoms. The Labute approximate surface area is 136 Å². The lowest BCUT2D eigenvalue weighted by atomic mass is 9.96. The number of nitrogens with zero attached hydrogens (tertiary/aromatic N) is 4. The molecule has 0 amide bonds. The van der Waals surface area contributed by atoms with E-state index in [9.17, 15) is 0 Å². The Balaban J connectivity index is 2.13. The number of benzene rings is 1. The fourth-order valence-corrected chi connectivity index (χ4v) is 2.83. The summed E-state index contributed by atoms with van der Waals surface area (Å²) in [6.07, 6.45) is 1.74. The van der Waals surface area contributed by atoms with Crippen LogP contribution in [0.25, 0.3) is 11.0 Å². The van der Waals surface area contributed by atoms with Crippen LogP contribution in [0, 0.1) is 0 Å². The second-order valence-corrected chi connectivity index (χ2v) is 6.87. The predicted octanol–water partition coefficient (Wildman–Crippen LogP) is 4.28. The van der Waals surface area contributed by atoms with Gasteiger partial charge in [-0.1, -0.05) is 51.9 Å². The fourth-order valence-electron chi connectivity index (χ4n) is 2.83. The summed E-state index contributed by atoms with van der Waals surface area (Å²) in [6.45, 7) is 10.5. The zero-order chi connectivity index (χ0) is 16.6. The molecule has 1 aromatic carbocycles. The van der Waals surface area contributed by atoms with Gasteiger partial charge in [0.15, 0.2) is 5.82 Å². The van der Waals surface area contributed by atoms with Crippen molar-refractivity contribution in [2.75, 3.05) is 0 Å². The van der Waals surface area contributed by atoms with Gasteiger partial charge in [0.25, 0.3) is 0 Å². The van der Waals surface area contributed by atoms with E-state index in [1.54, 1.807) is 0 Å². The number of aromatic nitrogens is 4. The molecule has 0 unspecified atom stereocenters. The summed E-state index contributed by atoms with van der Waals surface area (Å²) in [5.74, 6) is 2.46. The van der Waals surface area contributed by atoms with E-state index in [4.69, 9.17) is 9.51 Å². The van der Waals surface area contributed by atoms with Gasteiger partial charge in [-0.2, -0.15) is 4.98 Å². The SMILES string of the molecule is CCc1nc2ccccc2n1[C@@H](CC)c1nc(C(C)(C)C)no1. The highest BCUT2D eigenvalue weighted by atomic mass is 16.5. The van der Waals surface area contributed by atoms with Gasteiger partial charge in [-0.15, -0.1) is 0 Å². The Kier molecular flexibility index (Phi) is 3.96. The van der Waals surface area contributed by atoms with Crippen molar-refractivity contribution in [2.45, 2.75) is 58.9 Å². The number of rotatable bonds is 4. The van der Waals surface area contributed by atoms with E-state index < -0.39 is 0 Å². The van der Waals surface area contributed by atoms with Crippen molar-refractivity contribution < 1.29 is 4.52 Å². The van der Waals surface area contributed by atoms with Gasteiger partial charge in [0.2, 0.25) is 5.89 Å². The molecule has 23 heavy (non-hydrogen) atoms. The van der Waals surface area contributed by atoms with Crippen LogP contribution < -0.4 is 0 Å². The van der Waals surface area contributed by atoms with Crippen LogP contribution in [0.2, 0.25) is 0 Å². The Morgan fingerprint density at radius 1 is 1.13 bits per heavy atom. The minimum absolute atomic E-state index is 0.0148. The van der Waals surface area contributed by atoms with E-state index in [1.165, 1.54) is 0 Å². The third kappa shape index (κ3) is 2.76. The molecule has 2 heterocycles. The van der Waals surface area contributed by atoms with Gasteiger partial charge < -0.3 is 9.09 Å². The van der Waals surface area contributed by atoms with E-state index in [0.717, 1.165) is 35.5 Å². The first kappa shape index (κ1) is 15.7. The molecule has 0 aliphatic carbocycles. The maximum atomic E-state index is 5.61. The average molecular weight is 312 g/mol. The maximum absolute atomic E-state index is 5.61. The molecule has 1 atom stereocenters. The number of hydrogen-bond donors (Lipinski definition) is 0. The maximum Gasteiger partial charge on any atom is 0.249 e. The van der Waals surface area contributed by atoms with E-state index in [-0.39, 0.29) is 11.5 Å². The number of imidazole rings is 1. The van der Waals surface area contributed by atoms with Crippen molar-refractivity contribution in [2.24, 2.45) is 0 Å². The van der Waals surface area contributed by atoms with Crippen molar-refractivity contribution >= 4 is 11.0 Å². The van der Waals surface area contributed by atoms with Crippen LogP contribution in [0.1, 0.15) is 64.6 Å². The fraction of sp³-hybridized carbons (Fsp3) is 0.500. The van der Waals surface area contributed by atoms with Gasteiger partial charge in [0, 0.05) is 11.8 Å². The summed E-state index contributed by atoms with van der Waals surface area (Å²) < 4.78 is 7.85. The lowest BCUT2D eigenvalue weighted by Crippen LogP contribution is -2.16. The molecule has 0 saturated heterocycles. The minimum Gasteiger partial charge on any atom is -0.337 e. The Morgan fingerprint density at radius 3 is 2.48 bits per heavy atom. The van der Waals surface area contributed by atoms with E-state index in [2.05, 4.69) is 55.4 Å². The number of fused-ring (bicyclic) bond motifs is 1. The second kappa shape index (κ2) is 5.80. The van der Waals surface area contributed by atoms with Gasteiger partial charge in [0.1, 0.15) is 11.9 Å². The molecule has 122 valence electrons. The molecule has 3 rings (SSSR count). The van der Waals surface area contributed by atoms with Crippen molar-refractivity contribution in [3.05, 3.63) is 41.8 Å². The smallest absolute Gasteiger partial charge is 0.249 e. The molecular weight excluding hydrogens is 288 g/mol. The van der Waals surface area contributed by atoms with Gasteiger partial charge >= 0.3 is 0 Å². The second-order valence-electron chi connectivity index (χ2n) is 6.87. The Morgan fingerprint density at radius 2 is 1.87 bits per heavy atom. The molecule has 0 N–H and O–H groups in total. The van der Waals surface area contributed by atoms with Crippen molar-refractivity contribution in [3.63, 3.8) is 0 Å². The normalized spacial score (nSPS) is 13.6. The predicted molar refractivity (Wildman–Crippen MR) is 90.5 cm³/mol. The molecular formula is C18H24N4O. The summed E-state index contributed by atoms with van der Waals surface area (Å²) in [7, 11) is 0. The van der Waals surface area contributed by atoms with Crippen molar-refractivity contribution in [1.82, 2.24) is 19.7 Å². The molecule has 0 aliphatic rings. The van der Waals surface area contributed by atoms with Gasteiger partial charge in [-0.05, 0) is 18.6 Å². The first-order valence-corrected chi connectivity index (χ1v) is 8.25. The lowest BCUT2D eigenvalue weighted by molar-refractivity contribution is 0.325. The monoisotopic (exact) mass is 312 g/mol. The van der Waals surface area contributed by atoms with Crippen LogP contribution in [0.5, 0.6) is 0 Å². The first-order chi connectivity index (χ1) is 11.0. The highest BCUT2D eigenvalue weighted by Crippen LogP contribution is 2.29. The molecule has 0 radical (unpaired) electrons. The molecule has 0 bridgehead atoms. The first-order valence-electron chi connectivity index (χ1n) is 8.25. The zero-order valence-electron chi connectivity index (χ0n) is 14.5. The summed E-state index contributed by atoms with van der Waals surface area (Å²) in [5, 5.41) is 4.18. The van der Waals surface area contributed by atoms with Crippen LogP contribution in [0.4, 0.5) is 0 Å². The third-order valence-corrected chi connectivity index (χ3v) is 4.08. The number of para-hydroxylation sites is 2. The Bertz CT molecular complexity index is 810. The number of aryl methyl sites for hydroxylation is 1. The average Bonchev–Trinajstić information content (AvgIpc) is 3.13. The van der Waals surface area contributed by atoms with Gasteiger partial charge in [-0.3, -0.25) is 0 Å². The van der Waals surface area contributed by atoms with Crippen LogP contribution >= 0.6 is 0 Å². The van der Waals surface area contributed by atoms with E-state index in [1.807, 2.05) is 18.2 Å².